The summed E-state index contributed by atoms with van der Waals surface area (Å²) in [7, 11) is 0. The van der Waals surface area contributed by atoms with E-state index in [9.17, 15) is 4.79 Å². The number of hydrogen-bond donors (Lipinski definition) is 1. The standard InChI is InChI=1S/C16H25N5O/c1-10(2)15-17-7-5-14(19-15)20-8-6-13-12(9-20)18-16(22)21(13)11(3)4/h5,7,10-13H,6,8-9H2,1-4H3,(H,18,22)/t12-,13+/m1/s1. The number of aromatic nitrogens is 2. The summed E-state index contributed by atoms with van der Waals surface area (Å²) in [4.78, 5) is 25.4. The maximum atomic E-state index is 12.1. The molecule has 6 heteroatoms. The maximum Gasteiger partial charge on any atom is 0.318 e. The molecule has 0 spiro atoms. The number of carbonyl (C=O) groups excluding carboxylic acids is 1. The molecule has 0 aromatic carbocycles. The molecule has 0 bridgehead atoms. The van der Waals surface area contributed by atoms with Gasteiger partial charge in [-0.3, -0.25) is 0 Å². The van der Waals surface area contributed by atoms with E-state index in [1.807, 2.05) is 17.2 Å². The van der Waals surface area contributed by atoms with E-state index < -0.39 is 0 Å². The maximum absolute atomic E-state index is 12.1. The Morgan fingerprint density at radius 1 is 1.32 bits per heavy atom. The van der Waals surface area contributed by atoms with Gasteiger partial charge in [-0.15, -0.1) is 0 Å². The van der Waals surface area contributed by atoms with Gasteiger partial charge in [0, 0.05) is 31.2 Å². The predicted octanol–water partition coefficient (Wildman–Crippen LogP) is 1.98. The third kappa shape index (κ3) is 2.62. The van der Waals surface area contributed by atoms with Crippen LogP contribution < -0.4 is 10.2 Å². The number of nitrogens with zero attached hydrogens (tertiary/aromatic N) is 4. The summed E-state index contributed by atoms with van der Waals surface area (Å²) >= 11 is 0. The number of fused-ring (bicyclic) bond motifs is 1. The Bertz CT molecular complexity index is 559. The molecule has 120 valence electrons. The van der Waals surface area contributed by atoms with Gasteiger partial charge in [0.25, 0.3) is 0 Å². The minimum atomic E-state index is 0.0670. The van der Waals surface area contributed by atoms with Crippen molar-refractivity contribution >= 4 is 11.8 Å². The Morgan fingerprint density at radius 2 is 2.09 bits per heavy atom. The van der Waals surface area contributed by atoms with Gasteiger partial charge in [-0.25, -0.2) is 14.8 Å². The van der Waals surface area contributed by atoms with E-state index in [-0.39, 0.29) is 18.1 Å². The molecule has 2 fully saturated rings. The van der Waals surface area contributed by atoms with Gasteiger partial charge in [-0.2, -0.15) is 0 Å². The zero-order chi connectivity index (χ0) is 15.9. The lowest BCUT2D eigenvalue weighted by molar-refractivity contribution is 0.175. The average Bonchev–Trinajstić information content (AvgIpc) is 2.82. The molecular formula is C16H25N5O. The van der Waals surface area contributed by atoms with Crippen LogP contribution in [0.15, 0.2) is 12.3 Å². The van der Waals surface area contributed by atoms with Gasteiger partial charge in [0.15, 0.2) is 0 Å². The molecule has 1 aromatic rings. The van der Waals surface area contributed by atoms with Gasteiger partial charge >= 0.3 is 6.03 Å². The molecule has 3 rings (SSSR count). The molecule has 2 amide bonds. The van der Waals surface area contributed by atoms with Crippen molar-refractivity contribution in [1.29, 1.82) is 0 Å². The highest BCUT2D eigenvalue weighted by molar-refractivity contribution is 5.78. The first-order valence-electron chi connectivity index (χ1n) is 8.14. The summed E-state index contributed by atoms with van der Waals surface area (Å²) in [6.45, 7) is 10.1. The zero-order valence-electron chi connectivity index (χ0n) is 13.8. The SMILES string of the molecule is CC(C)c1nccc(N2CC[C@H]3[C@@H](C2)NC(=O)N3C(C)C)n1. The minimum Gasteiger partial charge on any atom is -0.354 e. The molecule has 2 aliphatic heterocycles. The average molecular weight is 303 g/mol. The fourth-order valence-corrected chi connectivity index (χ4v) is 3.44. The van der Waals surface area contributed by atoms with Crippen molar-refractivity contribution in [1.82, 2.24) is 20.2 Å². The summed E-state index contributed by atoms with van der Waals surface area (Å²) in [5.74, 6) is 2.16. The molecule has 1 aromatic heterocycles. The number of hydrogen-bond acceptors (Lipinski definition) is 4. The normalized spacial score (nSPS) is 24.9. The molecule has 2 saturated heterocycles. The van der Waals surface area contributed by atoms with Crippen LogP contribution in [0, 0.1) is 0 Å². The van der Waals surface area contributed by atoms with Gasteiger partial charge in [-0.1, -0.05) is 13.8 Å². The molecule has 1 N–H and O–H groups in total. The fourth-order valence-electron chi connectivity index (χ4n) is 3.44. The topological polar surface area (TPSA) is 61.4 Å². The van der Waals surface area contributed by atoms with E-state index >= 15 is 0 Å². The quantitative estimate of drug-likeness (QED) is 0.927. The van der Waals surface area contributed by atoms with Crippen LogP contribution in [0.2, 0.25) is 0 Å². The van der Waals surface area contributed by atoms with Crippen LogP contribution in [0.25, 0.3) is 0 Å². The second-order valence-electron chi connectivity index (χ2n) is 6.79. The largest absolute Gasteiger partial charge is 0.354 e. The number of carbonyl (C=O) groups is 1. The van der Waals surface area contributed by atoms with Crippen LogP contribution in [0.1, 0.15) is 45.9 Å². The van der Waals surface area contributed by atoms with E-state index in [1.54, 1.807) is 0 Å². The third-order valence-electron chi connectivity index (χ3n) is 4.53. The predicted molar refractivity (Wildman–Crippen MR) is 86.0 cm³/mol. The molecule has 22 heavy (non-hydrogen) atoms. The van der Waals surface area contributed by atoms with Crippen molar-refractivity contribution in [2.45, 2.75) is 58.2 Å². The number of rotatable bonds is 3. The van der Waals surface area contributed by atoms with Gasteiger partial charge in [0.05, 0.1) is 12.1 Å². The first kappa shape index (κ1) is 15.1. The Labute approximate surface area is 131 Å². The zero-order valence-corrected chi connectivity index (χ0v) is 13.8. The van der Waals surface area contributed by atoms with Crippen LogP contribution >= 0.6 is 0 Å². The fraction of sp³-hybridized carbons (Fsp3) is 0.688. The summed E-state index contributed by atoms with van der Waals surface area (Å²) in [6, 6.07) is 2.75. The van der Waals surface area contributed by atoms with Crippen molar-refractivity contribution in [3.05, 3.63) is 18.1 Å². The smallest absolute Gasteiger partial charge is 0.318 e. The van der Waals surface area contributed by atoms with E-state index in [0.717, 1.165) is 31.2 Å². The molecule has 0 aliphatic carbocycles. The summed E-state index contributed by atoms with van der Waals surface area (Å²) < 4.78 is 0. The Kier molecular flexibility index (Phi) is 3.93. The van der Waals surface area contributed by atoms with Crippen LogP contribution in [-0.2, 0) is 0 Å². The Morgan fingerprint density at radius 3 is 2.77 bits per heavy atom. The van der Waals surface area contributed by atoms with Crippen molar-refractivity contribution in [3.63, 3.8) is 0 Å². The summed E-state index contributed by atoms with van der Waals surface area (Å²) in [6.07, 6.45) is 2.81. The number of nitrogens with one attached hydrogen (secondary N) is 1. The molecular weight excluding hydrogens is 278 g/mol. The molecule has 6 nitrogen and oxygen atoms in total. The lowest BCUT2D eigenvalue weighted by Gasteiger charge is -2.38. The lowest BCUT2D eigenvalue weighted by Crippen LogP contribution is -2.52. The van der Waals surface area contributed by atoms with Crippen molar-refractivity contribution in [2.75, 3.05) is 18.0 Å². The van der Waals surface area contributed by atoms with Crippen LogP contribution in [-0.4, -0.2) is 52.1 Å². The van der Waals surface area contributed by atoms with E-state index in [2.05, 4.69) is 47.9 Å². The molecule has 0 unspecified atom stereocenters. The van der Waals surface area contributed by atoms with Gasteiger partial charge in [-0.05, 0) is 26.3 Å². The van der Waals surface area contributed by atoms with Crippen LogP contribution in [0.5, 0.6) is 0 Å². The highest BCUT2D eigenvalue weighted by Crippen LogP contribution is 2.27. The van der Waals surface area contributed by atoms with Crippen molar-refractivity contribution in [2.24, 2.45) is 0 Å². The van der Waals surface area contributed by atoms with E-state index in [0.29, 0.717) is 12.0 Å². The van der Waals surface area contributed by atoms with Crippen LogP contribution in [0.3, 0.4) is 0 Å². The summed E-state index contributed by atoms with van der Waals surface area (Å²) in [5, 5.41) is 3.13. The molecule has 0 radical (unpaired) electrons. The second-order valence-corrected chi connectivity index (χ2v) is 6.79. The number of piperidine rings is 1. The highest BCUT2D eigenvalue weighted by atomic mass is 16.2. The number of urea groups is 1. The molecule has 3 heterocycles. The lowest BCUT2D eigenvalue weighted by atomic mass is 9.99. The summed E-state index contributed by atoms with van der Waals surface area (Å²) in [5.41, 5.74) is 0. The monoisotopic (exact) mass is 303 g/mol. The molecule has 2 aliphatic rings. The van der Waals surface area contributed by atoms with E-state index in [4.69, 9.17) is 0 Å². The van der Waals surface area contributed by atoms with Crippen molar-refractivity contribution in [3.8, 4) is 0 Å². The van der Waals surface area contributed by atoms with E-state index in [1.165, 1.54) is 0 Å². The van der Waals surface area contributed by atoms with Crippen molar-refractivity contribution < 1.29 is 4.79 Å². The molecule has 0 saturated carbocycles. The minimum absolute atomic E-state index is 0.0670. The third-order valence-corrected chi connectivity index (χ3v) is 4.53. The van der Waals surface area contributed by atoms with Crippen LogP contribution in [0.4, 0.5) is 10.6 Å². The first-order valence-corrected chi connectivity index (χ1v) is 8.14. The van der Waals surface area contributed by atoms with Gasteiger partial charge in [0.1, 0.15) is 11.6 Å². The second kappa shape index (κ2) is 5.74. The van der Waals surface area contributed by atoms with Gasteiger partial charge < -0.3 is 15.1 Å². The number of amides is 2. The number of anilines is 1. The molecule has 2 atom stereocenters. The Hall–Kier alpha value is -1.85. The first-order chi connectivity index (χ1) is 10.5. The highest BCUT2D eigenvalue weighted by Gasteiger charge is 2.43. The van der Waals surface area contributed by atoms with Gasteiger partial charge in [0.2, 0.25) is 0 Å². The Balaban J connectivity index is 1.76.